The zero-order valence-corrected chi connectivity index (χ0v) is 18.4. The summed E-state index contributed by atoms with van der Waals surface area (Å²) in [5.41, 5.74) is 11.6. The molecule has 0 radical (unpaired) electrons. The van der Waals surface area contributed by atoms with E-state index in [2.05, 4.69) is 11.4 Å². The first-order valence-corrected chi connectivity index (χ1v) is 11.3. The van der Waals surface area contributed by atoms with Gasteiger partial charge in [-0.15, -0.1) is 0 Å². The number of rotatable bonds is 5. The van der Waals surface area contributed by atoms with Gasteiger partial charge >= 0.3 is 0 Å². The van der Waals surface area contributed by atoms with Crippen LogP contribution in [-0.4, -0.2) is 27.0 Å². The molecule has 0 unspecified atom stereocenters. The number of nitrogen functional groups attached to an aromatic ring is 1. The molecule has 0 saturated carbocycles. The van der Waals surface area contributed by atoms with Crippen molar-refractivity contribution in [2.75, 3.05) is 12.3 Å². The summed E-state index contributed by atoms with van der Waals surface area (Å²) in [7, 11) is 0. The lowest BCUT2D eigenvalue weighted by Crippen LogP contribution is -2.26. The van der Waals surface area contributed by atoms with E-state index in [9.17, 15) is 4.79 Å². The second-order valence-corrected chi connectivity index (χ2v) is 8.51. The number of amides is 1. The molecule has 2 aromatic carbocycles. The van der Waals surface area contributed by atoms with Gasteiger partial charge < -0.3 is 11.1 Å². The van der Waals surface area contributed by atoms with Gasteiger partial charge in [0, 0.05) is 17.3 Å². The Morgan fingerprint density at radius 2 is 1.81 bits per heavy atom. The molecule has 0 spiro atoms. The second-order valence-electron chi connectivity index (χ2n) is 8.07. The van der Waals surface area contributed by atoms with Crippen LogP contribution in [0.4, 0.5) is 5.82 Å². The zero-order valence-electron chi connectivity index (χ0n) is 17.6. The number of carbonyl (C=O) groups is 1. The van der Waals surface area contributed by atoms with Crippen LogP contribution in [0.5, 0.6) is 0 Å². The fraction of sp³-hybridized carbons (Fsp3) is 0.240. The van der Waals surface area contributed by atoms with Gasteiger partial charge in [-0.05, 0) is 68.5 Å². The van der Waals surface area contributed by atoms with Crippen molar-refractivity contribution in [2.24, 2.45) is 0 Å². The lowest BCUT2D eigenvalue weighted by Gasteiger charge is -2.13. The van der Waals surface area contributed by atoms with E-state index in [0.717, 1.165) is 36.0 Å². The van der Waals surface area contributed by atoms with Crippen LogP contribution in [0, 0.1) is 0 Å². The second kappa shape index (κ2) is 8.63. The first kappa shape index (κ1) is 20.5. The van der Waals surface area contributed by atoms with Crippen LogP contribution in [-0.2, 0) is 0 Å². The van der Waals surface area contributed by atoms with Gasteiger partial charge in [-0.3, -0.25) is 9.36 Å². The van der Waals surface area contributed by atoms with Crippen LogP contribution < -0.4 is 11.1 Å². The van der Waals surface area contributed by atoms with Crippen LogP contribution in [0.25, 0.3) is 27.9 Å². The molecular formula is C25H24ClN5O. The molecular weight excluding hydrogens is 422 g/mol. The largest absolute Gasteiger partial charge is 0.384 e. The Labute approximate surface area is 191 Å². The Balaban J connectivity index is 1.57. The van der Waals surface area contributed by atoms with E-state index < -0.39 is 0 Å². The van der Waals surface area contributed by atoms with Crippen molar-refractivity contribution in [1.29, 1.82) is 0 Å². The van der Waals surface area contributed by atoms with Crippen molar-refractivity contribution >= 4 is 45.5 Å². The van der Waals surface area contributed by atoms with Crippen molar-refractivity contribution in [3.05, 3.63) is 70.8 Å². The fourth-order valence-corrected chi connectivity index (χ4v) is 4.42. The molecule has 32 heavy (non-hydrogen) atoms. The molecule has 1 aliphatic carbocycles. The number of hydrogen-bond donors (Lipinski definition) is 2. The summed E-state index contributed by atoms with van der Waals surface area (Å²) in [5.74, 6) is 0.0771. The van der Waals surface area contributed by atoms with Crippen molar-refractivity contribution in [3.8, 4) is 5.69 Å². The number of carbonyl (C=O) groups excluding carboxylic acids is 1. The molecule has 1 amide bonds. The Morgan fingerprint density at radius 3 is 2.53 bits per heavy atom. The molecule has 3 N–H and O–H groups in total. The number of halogens is 1. The SMILES string of the molecule is Nc1c(C(=O)NCCC2=CCCCC2)c2nc3ccccc3nc2n1-c1ccc(Cl)cc1. The number of benzene rings is 2. The van der Waals surface area contributed by atoms with Crippen molar-refractivity contribution in [1.82, 2.24) is 19.9 Å². The maximum Gasteiger partial charge on any atom is 0.257 e. The Bertz CT molecular complexity index is 1340. The third-order valence-electron chi connectivity index (χ3n) is 5.93. The predicted octanol–water partition coefficient (Wildman–Crippen LogP) is 5.43. The van der Waals surface area contributed by atoms with Gasteiger partial charge in [-0.2, -0.15) is 0 Å². The highest BCUT2D eigenvalue weighted by molar-refractivity contribution is 6.30. The van der Waals surface area contributed by atoms with Crippen LogP contribution in [0.1, 0.15) is 42.5 Å². The highest BCUT2D eigenvalue weighted by Gasteiger charge is 2.24. The maximum absolute atomic E-state index is 13.2. The number of allylic oxidation sites excluding steroid dienone is 1. The zero-order chi connectivity index (χ0) is 22.1. The van der Waals surface area contributed by atoms with E-state index in [1.807, 2.05) is 36.4 Å². The van der Waals surface area contributed by atoms with Crippen LogP contribution in [0.3, 0.4) is 0 Å². The quantitative estimate of drug-likeness (QED) is 0.401. The van der Waals surface area contributed by atoms with E-state index in [1.54, 1.807) is 16.7 Å². The Hall–Kier alpha value is -3.38. The first-order chi connectivity index (χ1) is 15.6. The van der Waals surface area contributed by atoms with Crippen molar-refractivity contribution < 1.29 is 4.79 Å². The maximum atomic E-state index is 13.2. The van der Waals surface area contributed by atoms with Gasteiger partial charge in [0.15, 0.2) is 5.65 Å². The summed E-state index contributed by atoms with van der Waals surface area (Å²) in [6, 6.07) is 14.9. The average molecular weight is 446 g/mol. The number of para-hydroxylation sites is 2. The average Bonchev–Trinajstić information content (AvgIpc) is 3.09. The van der Waals surface area contributed by atoms with Gasteiger partial charge in [0.05, 0.1) is 11.0 Å². The molecule has 0 bridgehead atoms. The van der Waals surface area contributed by atoms with Gasteiger partial charge in [0.1, 0.15) is 16.9 Å². The van der Waals surface area contributed by atoms with Crippen LogP contribution >= 0.6 is 11.6 Å². The van der Waals surface area contributed by atoms with Crippen molar-refractivity contribution in [3.63, 3.8) is 0 Å². The molecule has 1 aliphatic rings. The summed E-state index contributed by atoms with van der Waals surface area (Å²) in [6.45, 7) is 0.568. The summed E-state index contributed by atoms with van der Waals surface area (Å²) in [4.78, 5) is 22.8. The van der Waals surface area contributed by atoms with E-state index in [0.29, 0.717) is 34.1 Å². The van der Waals surface area contributed by atoms with Crippen LogP contribution in [0.2, 0.25) is 5.02 Å². The molecule has 0 atom stereocenters. The summed E-state index contributed by atoms with van der Waals surface area (Å²) in [5, 5.41) is 3.66. The number of hydrogen-bond acceptors (Lipinski definition) is 4. The Morgan fingerprint density at radius 1 is 1.06 bits per heavy atom. The molecule has 0 saturated heterocycles. The lowest BCUT2D eigenvalue weighted by molar-refractivity contribution is 0.0956. The van der Waals surface area contributed by atoms with E-state index >= 15 is 0 Å². The number of nitrogens with two attached hydrogens (primary N) is 1. The normalized spacial score (nSPS) is 14.0. The molecule has 2 heterocycles. The Kier molecular flexibility index (Phi) is 5.53. The van der Waals surface area contributed by atoms with Crippen molar-refractivity contribution in [2.45, 2.75) is 32.1 Å². The van der Waals surface area contributed by atoms with Gasteiger partial charge in [-0.25, -0.2) is 9.97 Å². The minimum Gasteiger partial charge on any atom is -0.384 e. The number of nitrogens with zero attached hydrogens (tertiary/aromatic N) is 3. The van der Waals surface area contributed by atoms with Gasteiger partial charge in [0.25, 0.3) is 5.91 Å². The van der Waals surface area contributed by atoms with Crippen LogP contribution in [0.15, 0.2) is 60.2 Å². The third-order valence-corrected chi connectivity index (χ3v) is 6.18. The fourth-order valence-electron chi connectivity index (χ4n) is 4.29. The molecule has 7 heteroatoms. The molecule has 4 aromatic rings. The molecule has 162 valence electrons. The topological polar surface area (TPSA) is 85.8 Å². The van der Waals surface area contributed by atoms with Gasteiger partial charge in [-0.1, -0.05) is 35.4 Å². The third kappa shape index (κ3) is 3.82. The predicted molar refractivity (Wildman–Crippen MR) is 129 cm³/mol. The minimum atomic E-state index is -0.235. The van der Waals surface area contributed by atoms with Gasteiger partial charge in [0.2, 0.25) is 0 Å². The number of aromatic nitrogens is 3. The molecule has 5 rings (SSSR count). The molecule has 0 fully saturated rings. The molecule has 0 aliphatic heterocycles. The highest BCUT2D eigenvalue weighted by Crippen LogP contribution is 2.31. The smallest absolute Gasteiger partial charge is 0.257 e. The lowest BCUT2D eigenvalue weighted by atomic mass is 9.97. The standard InChI is InChI=1S/C25H24ClN5O/c26-17-10-12-18(13-11-17)31-23(27)21(25(32)28-15-14-16-6-2-1-3-7-16)22-24(31)30-20-9-5-4-8-19(20)29-22/h4-6,8-13H,1-3,7,14-15,27H2,(H,28,32). The number of nitrogens with one attached hydrogen (secondary N) is 1. The minimum absolute atomic E-state index is 0.235. The first-order valence-electron chi connectivity index (χ1n) is 10.9. The van der Waals surface area contributed by atoms with E-state index in [-0.39, 0.29) is 5.91 Å². The number of fused-ring (bicyclic) bond motifs is 2. The summed E-state index contributed by atoms with van der Waals surface area (Å²) >= 11 is 6.08. The summed E-state index contributed by atoms with van der Waals surface area (Å²) < 4.78 is 1.77. The molecule has 6 nitrogen and oxygen atoms in total. The summed E-state index contributed by atoms with van der Waals surface area (Å²) in [6.07, 6.45) is 7.89. The van der Waals surface area contributed by atoms with E-state index in [1.165, 1.54) is 18.4 Å². The number of anilines is 1. The van der Waals surface area contributed by atoms with E-state index in [4.69, 9.17) is 27.3 Å². The highest BCUT2D eigenvalue weighted by atomic mass is 35.5. The molecule has 2 aromatic heterocycles. The monoisotopic (exact) mass is 445 g/mol.